The molecule has 0 amide bonds. The first-order chi connectivity index (χ1) is 10.3. The van der Waals surface area contributed by atoms with E-state index in [2.05, 4.69) is 10.3 Å². The highest BCUT2D eigenvalue weighted by Gasteiger charge is 2.07. The Kier molecular flexibility index (Phi) is 3.31. The summed E-state index contributed by atoms with van der Waals surface area (Å²) < 4.78 is 6.60. The van der Waals surface area contributed by atoms with E-state index in [1.807, 2.05) is 6.07 Å². The second-order valence-corrected chi connectivity index (χ2v) is 4.29. The predicted octanol–water partition coefficient (Wildman–Crippen LogP) is 1.70. The molecule has 1 heterocycles. The number of benzene rings is 2. The van der Waals surface area contributed by atoms with E-state index in [0.29, 0.717) is 22.2 Å². The zero-order valence-electron chi connectivity index (χ0n) is 10.9. The number of ether oxygens (including phenoxy) is 1. The van der Waals surface area contributed by atoms with Crippen molar-refractivity contribution in [1.29, 1.82) is 5.26 Å². The van der Waals surface area contributed by atoms with Crippen molar-refractivity contribution in [2.45, 2.75) is 6.73 Å². The molecular formula is C15H10N4O2. The molecule has 3 rings (SSSR count). The molecule has 0 aliphatic heterocycles. The van der Waals surface area contributed by atoms with E-state index in [4.69, 9.17) is 10.00 Å². The highest BCUT2D eigenvalue weighted by Crippen LogP contribution is 2.16. The van der Waals surface area contributed by atoms with E-state index >= 15 is 0 Å². The Morgan fingerprint density at radius 2 is 1.90 bits per heavy atom. The van der Waals surface area contributed by atoms with Crippen LogP contribution in [0.5, 0.6) is 5.75 Å². The smallest absolute Gasteiger partial charge is 0.280 e. The lowest BCUT2D eigenvalue weighted by Gasteiger charge is -2.08. The SMILES string of the molecule is N#Cc1ccccc1OCn1nnc2ccccc2c1=O. The van der Waals surface area contributed by atoms with Crippen LogP contribution in [0.2, 0.25) is 0 Å². The van der Waals surface area contributed by atoms with Gasteiger partial charge in [0.2, 0.25) is 0 Å². The van der Waals surface area contributed by atoms with Gasteiger partial charge in [0.15, 0.2) is 6.73 Å². The zero-order chi connectivity index (χ0) is 14.7. The van der Waals surface area contributed by atoms with Crippen LogP contribution in [0.3, 0.4) is 0 Å². The van der Waals surface area contributed by atoms with Crippen LogP contribution in [0, 0.1) is 11.3 Å². The minimum Gasteiger partial charge on any atom is -0.470 e. The summed E-state index contributed by atoms with van der Waals surface area (Å²) in [5.74, 6) is 0.404. The van der Waals surface area contributed by atoms with Crippen LogP contribution < -0.4 is 10.3 Å². The van der Waals surface area contributed by atoms with E-state index in [1.165, 1.54) is 0 Å². The van der Waals surface area contributed by atoms with Crippen molar-refractivity contribution in [2.24, 2.45) is 0 Å². The fraction of sp³-hybridized carbons (Fsp3) is 0.0667. The van der Waals surface area contributed by atoms with Gasteiger partial charge in [0.05, 0.1) is 10.9 Å². The molecule has 0 radical (unpaired) electrons. The van der Waals surface area contributed by atoms with Crippen LogP contribution in [0.15, 0.2) is 53.3 Å². The largest absolute Gasteiger partial charge is 0.470 e. The molecule has 0 N–H and O–H groups in total. The summed E-state index contributed by atoms with van der Waals surface area (Å²) in [6.45, 7) is -0.102. The minimum atomic E-state index is -0.282. The van der Waals surface area contributed by atoms with Gasteiger partial charge in [0.25, 0.3) is 5.56 Å². The number of aromatic nitrogens is 3. The first kappa shape index (κ1) is 12.8. The van der Waals surface area contributed by atoms with Crippen molar-refractivity contribution in [3.05, 3.63) is 64.4 Å². The molecule has 0 aliphatic rings. The van der Waals surface area contributed by atoms with Crippen molar-refractivity contribution in [3.8, 4) is 11.8 Å². The lowest BCUT2D eigenvalue weighted by Crippen LogP contribution is -2.26. The second-order valence-electron chi connectivity index (χ2n) is 4.29. The maximum atomic E-state index is 12.2. The fourth-order valence-corrected chi connectivity index (χ4v) is 1.92. The standard InChI is InChI=1S/C15H10N4O2/c16-9-11-5-1-4-8-14(11)21-10-19-15(20)12-6-2-3-7-13(12)17-18-19/h1-8H,10H2. The van der Waals surface area contributed by atoms with Gasteiger partial charge in [0.1, 0.15) is 17.3 Å². The lowest BCUT2D eigenvalue weighted by molar-refractivity contribution is 0.210. The van der Waals surface area contributed by atoms with Crippen molar-refractivity contribution in [2.75, 3.05) is 0 Å². The summed E-state index contributed by atoms with van der Waals surface area (Å²) >= 11 is 0. The molecule has 0 atom stereocenters. The Morgan fingerprint density at radius 1 is 1.14 bits per heavy atom. The monoisotopic (exact) mass is 278 g/mol. The molecule has 0 unspecified atom stereocenters. The molecule has 0 fully saturated rings. The summed E-state index contributed by atoms with van der Waals surface area (Å²) in [5.41, 5.74) is 0.658. The highest BCUT2D eigenvalue weighted by atomic mass is 16.5. The topological polar surface area (TPSA) is 80.8 Å². The maximum Gasteiger partial charge on any atom is 0.280 e. The normalized spacial score (nSPS) is 10.2. The number of para-hydroxylation sites is 1. The van der Waals surface area contributed by atoms with Gasteiger partial charge in [0, 0.05) is 0 Å². The van der Waals surface area contributed by atoms with Crippen LogP contribution in [-0.2, 0) is 6.73 Å². The zero-order valence-corrected chi connectivity index (χ0v) is 10.9. The first-order valence-electron chi connectivity index (χ1n) is 6.24. The molecule has 0 bridgehead atoms. The second kappa shape index (κ2) is 5.43. The van der Waals surface area contributed by atoms with Gasteiger partial charge in [-0.15, -0.1) is 5.10 Å². The van der Waals surface area contributed by atoms with E-state index in [1.54, 1.807) is 48.5 Å². The van der Waals surface area contributed by atoms with Gasteiger partial charge in [-0.05, 0) is 24.3 Å². The number of fused-ring (bicyclic) bond motifs is 1. The third-order valence-corrected chi connectivity index (χ3v) is 2.98. The number of nitrogens with zero attached hydrogens (tertiary/aromatic N) is 4. The Hall–Kier alpha value is -3.20. The van der Waals surface area contributed by atoms with Crippen LogP contribution in [0.25, 0.3) is 10.9 Å². The van der Waals surface area contributed by atoms with Gasteiger partial charge in [-0.3, -0.25) is 4.79 Å². The molecule has 1 aromatic heterocycles. The summed E-state index contributed by atoms with van der Waals surface area (Å²) in [6.07, 6.45) is 0. The van der Waals surface area contributed by atoms with E-state index in [0.717, 1.165) is 4.68 Å². The molecule has 3 aromatic rings. The van der Waals surface area contributed by atoms with Crippen molar-refractivity contribution >= 4 is 10.9 Å². The number of hydrogen-bond donors (Lipinski definition) is 0. The molecule has 0 spiro atoms. The quantitative estimate of drug-likeness (QED) is 0.728. The van der Waals surface area contributed by atoms with Crippen LogP contribution in [0.4, 0.5) is 0 Å². The van der Waals surface area contributed by atoms with E-state index < -0.39 is 0 Å². The van der Waals surface area contributed by atoms with Crippen LogP contribution in [0.1, 0.15) is 5.56 Å². The van der Waals surface area contributed by atoms with Crippen molar-refractivity contribution in [1.82, 2.24) is 15.0 Å². The summed E-state index contributed by atoms with van der Waals surface area (Å²) in [6, 6.07) is 15.8. The average molecular weight is 278 g/mol. The number of hydrogen-bond acceptors (Lipinski definition) is 5. The van der Waals surface area contributed by atoms with Crippen molar-refractivity contribution in [3.63, 3.8) is 0 Å². The molecule has 6 heteroatoms. The van der Waals surface area contributed by atoms with Gasteiger partial charge in [-0.2, -0.15) is 9.94 Å². The maximum absolute atomic E-state index is 12.2. The van der Waals surface area contributed by atoms with Crippen LogP contribution in [-0.4, -0.2) is 15.0 Å². The van der Waals surface area contributed by atoms with Gasteiger partial charge in [-0.25, -0.2) is 0 Å². The molecular weight excluding hydrogens is 268 g/mol. The summed E-state index contributed by atoms with van der Waals surface area (Å²) in [5, 5.41) is 17.2. The molecule has 102 valence electrons. The highest BCUT2D eigenvalue weighted by molar-refractivity contribution is 5.76. The fourth-order valence-electron chi connectivity index (χ4n) is 1.92. The third-order valence-electron chi connectivity index (χ3n) is 2.98. The molecule has 6 nitrogen and oxygen atoms in total. The predicted molar refractivity (Wildman–Crippen MR) is 75.6 cm³/mol. The van der Waals surface area contributed by atoms with E-state index in [9.17, 15) is 4.79 Å². The molecule has 0 saturated carbocycles. The number of rotatable bonds is 3. The lowest BCUT2D eigenvalue weighted by atomic mass is 10.2. The van der Waals surface area contributed by atoms with Gasteiger partial charge in [-0.1, -0.05) is 29.5 Å². The van der Waals surface area contributed by atoms with Crippen molar-refractivity contribution < 1.29 is 4.74 Å². The van der Waals surface area contributed by atoms with Gasteiger partial charge < -0.3 is 4.74 Å². The Labute approximate surface area is 119 Å². The molecule has 0 saturated heterocycles. The summed E-state index contributed by atoms with van der Waals surface area (Å²) in [4.78, 5) is 12.2. The first-order valence-corrected chi connectivity index (χ1v) is 6.24. The third kappa shape index (κ3) is 2.44. The Balaban J connectivity index is 1.91. The molecule has 2 aromatic carbocycles. The Bertz CT molecular complexity index is 896. The molecule has 0 aliphatic carbocycles. The van der Waals surface area contributed by atoms with Gasteiger partial charge >= 0.3 is 0 Å². The van der Waals surface area contributed by atoms with E-state index in [-0.39, 0.29) is 12.3 Å². The number of nitriles is 1. The van der Waals surface area contributed by atoms with Crippen LogP contribution >= 0.6 is 0 Å². The Morgan fingerprint density at radius 3 is 2.76 bits per heavy atom. The minimum absolute atomic E-state index is 0.102. The molecule has 21 heavy (non-hydrogen) atoms. The summed E-state index contributed by atoms with van der Waals surface area (Å²) in [7, 11) is 0. The average Bonchev–Trinajstić information content (AvgIpc) is 2.55.